The lowest BCUT2D eigenvalue weighted by Crippen LogP contribution is -2.16. The number of fused-ring (bicyclic) bond motifs is 1. The lowest BCUT2D eigenvalue weighted by atomic mass is 10.2. The lowest BCUT2D eigenvalue weighted by molar-refractivity contribution is 0.607. The number of halogens is 2. The third-order valence-electron chi connectivity index (χ3n) is 2.61. The summed E-state index contributed by atoms with van der Waals surface area (Å²) in [4.78, 5) is 11.6. The van der Waals surface area contributed by atoms with Crippen LogP contribution >= 0.6 is 22.3 Å². The Hall–Kier alpha value is -1.04. The predicted molar refractivity (Wildman–Crippen MR) is 71.9 cm³/mol. The Morgan fingerprint density at radius 3 is 2.56 bits per heavy atom. The van der Waals surface area contributed by atoms with Gasteiger partial charge in [-0.1, -0.05) is 11.6 Å². The molecule has 1 aromatic heterocycles. The van der Waals surface area contributed by atoms with Crippen molar-refractivity contribution in [3.05, 3.63) is 39.6 Å². The quantitative estimate of drug-likeness (QED) is 0.801. The van der Waals surface area contributed by atoms with Crippen LogP contribution in [0, 0.1) is 0 Å². The molecular formula is C11H9Cl2NO3S. The average Bonchev–Trinajstić information content (AvgIpc) is 2.28. The van der Waals surface area contributed by atoms with Gasteiger partial charge in [0, 0.05) is 33.8 Å². The topological polar surface area (TPSA) is 56.1 Å². The van der Waals surface area contributed by atoms with Crippen LogP contribution in [0.4, 0.5) is 0 Å². The summed E-state index contributed by atoms with van der Waals surface area (Å²) in [5, 5.41) is 0.609. The maximum absolute atomic E-state index is 12.1. The van der Waals surface area contributed by atoms with Gasteiger partial charge in [-0.2, -0.15) is 0 Å². The summed E-state index contributed by atoms with van der Waals surface area (Å²) in [6, 6.07) is 4.76. The fraction of sp³-hybridized carbons (Fsp3) is 0.182. The molecular weight excluding hydrogens is 297 g/mol. The molecule has 0 aliphatic carbocycles. The van der Waals surface area contributed by atoms with Crippen molar-refractivity contribution in [1.82, 2.24) is 4.57 Å². The number of benzene rings is 1. The Bertz CT molecular complexity index is 781. The minimum atomic E-state index is -4.07. The van der Waals surface area contributed by atoms with E-state index in [-0.39, 0.29) is 5.39 Å². The average molecular weight is 306 g/mol. The summed E-state index contributed by atoms with van der Waals surface area (Å²) in [7, 11) is 1.18. The number of aromatic nitrogens is 1. The van der Waals surface area contributed by atoms with Gasteiger partial charge >= 0.3 is 0 Å². The summed E-state index contributed by atoms with van der Waals surface area (Å²) < 4.78 is 24.4. The molecule has 0 aliphatic rings. The number of aryl methyl sites for hydroxylation is 1. The van der Waals surface area contributed by atoms with Gasteiger partial charge in [-0.05, 0) is 25.1 Å². The first-order valence-electron chi connectivity index (χ1n) is 5.12. The number of rotatable bonds is 2. The van der Waals surface area contributed by atoms with E-state index in [2.05, 4.69) is 0 Å². The smallest absolute Gasteiger partial charge is 0.266 e. The molecule has 4 nitrogen and oxygen atoms in total. The van der Waals surface area contributed by atoms with Crippen molar-refractivity contribution in [3.8, 4) is 0 Å². The molecule has 7 heteroatoms. The van der Waals surface area contributed by atoms with Gasteiger partial charge in [-0.15, -0.1) is 0 Å². The van der Waals surface area contributed by atoms with E-state index in [4.69, 9.17) is 22.3 Å². The van der Waals surface area contributed by atoms with Crippen LogP contribution in [0.2, 0.25) is 5.02 Å². The zero-order valence-corrected chi connectivity index (χ0v) is 11.7. The second-order valence-corrected chi connectivity index (χ2v) is 6.68. The van der Waals surface area contributed by atoms with Crippen LogP contribution in [0.1, 0.15) is 6.92 Å². The molecule has 0 saturated carbocycles. The minimum absolute atomic E-state index is 0.242. The highest BCUT2D eigenvalue weighted by molar-refractivity contribution is 8.13. The van der Waals surface area contributed by atoms with Crippen LogP contribution in [0.15, 0.2) is 34.1 Å². The molecule has 0 radical (unpaired) electrons. The Balaban J connectivity index is 3.03. The van der Waals surface area contributed by atoms with E-state index in [0.717, 1.165) is 0 Å². The van der Waals surface area contributed by atoms with E-state index in [9.17, 15) is 13.2 Å². The standard InChI is InChI=1S/C11H9Cl2NO3S/c1-2-14-6-10(18(13,16)17)11(15)8-5-7(12)3-4-9(8)14/h3-6H,2H2,1H3. The number of hydrogen-bond acceptors (Lipinski definition) is 3. The Labute approximate surface area is 113 Å². The third kappa shape index (κ3) is 2.25. The lowest BCUT2D eigenvalue weighted by Gasteiger charge is -2.10. The molecule has 0 spiro atoms. The molecule has 0 bridgehead atoms. The highest BCUT2D eigenvalue weighted by Crippen LogP contribution is 2.20. The van der Waals surface area contributed by atoms with Gasteiger partial charge in [0.1, 0.15) is 4.90 Å². The van der Waals surface area contributed by atoms with Crippen LogP contribution in [-0.2, 0) is 15.6 Å². The summed E-state index contributed by atoms with van der Waals surface area (Å²) >= 11 is 5.82. The van der Waals surface area contributed by atoms with Crippen molar-refractivity contribution in [1.29, 1.82) is 0 Å². The minimum Gasteiger partial charge on any atom is -0.346 e. The van der Waals surface area contributed by atoms with E-state index in [1.807, 2.05) is 6.92 Å². The fourth-order valence-corrected chi connectivity index (χ4v) is 2.86. The van der Waals surface area contributed by atoms with Crippen LogP contribution in [0.5, 0.6) is 0 Å². The van der Waals surface area contributed by atoms with Crippen molar-refractivity contribution in [2.75, 3.05) is 0 Å². The number of pyridine rings is 1. The molecule has 0 saturated heterocycles. The molecule has 1 heterocycles. The SMILES string of the molecule is CCn1cc(S(=O)(=O)Cl)c(=O)c2cc(Cl)ccc21. The first-order valence-corrected chi connectivity index (χ1v) is 7.80. The predicted octanol–water partition coefficient (Wildman–Crippen LogP) is 2.60. The first-order chi connectivity index (χ1) is 8.34. The Morgan fingerprint density at radius 1 is 1.33 bits per heavy atom. The van der Waals surface area contributed by atoms with Crippen molar-refractivity contribution in [3.63, 3.8) is 0 Å². The second kappa shape index (κ2) is 4.57. The van der Waals surface area contributed by atoms with Crippen LogP contribution in [0.3, 0.4) is 0 Å². The molecule has 96 valence electrons. The molecule has 0 N–H and O–H groups in total. The van der Waals surface area contributed by atoms with E-state index in [0.29, 0.717) is 17.1 Å². The fourth-order valence-electron chi connectivity index (χ4n) is 1.78. The van der Waals surface area contributed by atoms with Gasteiger partial charge in [0.05, 0.1) is 5.52 Å². The Morgan fingerprint density at radius 2 is 2.00 bits per heavy atom. The second-order valence-electron chi connectivity index (χ2n) is 3.71. The van der Waals surface area contributed by atoms with E-state index < -0.39 is 19.4 Å². The van der Waals surface area contributed by atoms with Crippen molar-refractivity contribution in [2.45, 2.75) is 18.4 Å². The summed E-state index contributed by atoms with van der Waals surface area (Å²) in [6.07, 6.45) is 1.25. The van der Waals surface area contributed by atoms with Crippen molar-refractivity contribution >= 4 is 42.2 Å². The largest absolute Gasteiger partial charge is 0.346 e. The highest BCUT2D eigenvalue weighted by Gasteiger charge is 2.18. The first kappa shape index (κ1) is 13.4. The van der Waals surface area contributed by atoms with Gasteiger partial charge in [0.2, 0.25) is 5.43 Å². The van der Waals surface area contributed by atoms with Crippen LogP contribution < -0.4 is 5.43 Å². The van der Waals surface area contributed by atoms with Crippen LogP contribution in [-0.4, -0.2) is 13.0 Å². The van der Waals surface area contributed by atoms with Gasteiger partial charge < -0.3 is 4.57 Å². The number of hydrogen-bond donors (Lipinski definition) is 0. The zero-order chi connectivity index (χ0) is 13.5. The van der Waals surface area contributed by atoms with E-state index in [1.54, 1.807) is 16.7 Å². The Kier molecular flexibility index (Phi) is 3.40. The molecule has 2 rings (SSSR count). The molecule has 0 fully saturated rings. The number of nitrogens with zero attached hydrogens (tertiary/aromatic N) is 1. The maximum Gasteiger partial charge on any atom is 0.266 e. The van der Waals surface area contributed by atoms with Crippen molar-refractivity contribution < 1.29 is 8.42 Å². The monoisotopic (exact) mass is 305 g/mol. The van der Waals surface area contributed by atoms with Gasteiger partial charge in [-0.25, -0.2) is 8.42 Å². The molecule has 0 unspecified atom stereocenters. The molecule has 18 heavy (non-hydrogen) atoms. The molecule has 0 amide bonds. The summed E-state index contributed by atoms with van der Waals surface area (Å²) in [6.45, 7) is 2.35. The van der Waals surface area contributed by atoms with Crippen LogP contribution in [0.25, 0.3) is 10.9 Å². The van der Waals surface area contributed by atoms with E-state index >= 15 is 0 Å². The van der Waals surface area contributed by atoms with E-state index in [1.165, 1.54) is 12.3 Å². The van der Waals surface area contributed by atoms with Gasteiger partial charge in [0.25, 0.3) is 9.05 Å². The normalized spacial score (nSPS) is 11.9. The van der Waals surface area contributed by atoms with Crippen molar-refractivity contribution in [2.24, 2.45) is 0 Å². The molecule has 1 aromatic carbocycles. The summed E-state index contributed by atoms with van der Waals surface area (Å²) in [5.41, 5.74) is -0.0110. The summed E-state index contributed by atoms with van der Waals surface area (Å²) in [5.74, 6) is 0. The maximum atomic E-state index is 12.1. The molecule has 2 aromatic rings. The molecule has 0 atom stereocenters. The molecule has 0 aliphatic heterocycles. The highest BCUT2D eigenvalue weighted by atomic mass is 35.7. The van der Waals surface area contributed by atoms with Gasteiger partial charge in [0.15, 0.2) is 0 Å². The third-order valence-corrected chi connectivity index (χ3v) is 4.16. The van der Waals surface area contributed by atoms with Gasteiger partial charge in [-0.3, -0.25) is 4.79 Å². The zero-order valence-electron chi connectivity index (χ0n) is 9.35.